The van der Waals surface area contributed by atoms with Gasteiger partial charge in [0.1, 0.15) is 0 Å². The van der Waals surface area contributed by atoms with Gasteiger partial charge in [-0.05, 0) is 35.4 Å². The number of benzene rings is 2. The van der Waals surface area contributed by atoms with Crippen molar-refractivity contribution in [3.05, 3.63) is 71.9 Å². The van der Waals surface area contributed by atoms with Gasteiger partial charge in [0.05, 0.1) is 5.52 Å². The molecule has 4 rings (SSSR count). The van der Waals surface area contributed by atoms with Gasteiger partial charge in [-0.15, -0.1) is 11.8 Å². The molecule has 0 spiro atoms. The highest BCUT2D eigenvalue weighted by molar-refractivity contribution is 7.99. The fraction of sp³-hybridized carbons (Fsp3) is 0.167. The second kappa shape index (κ2) is 5.17. The molecule has 0 aliphatic carbocycles. The van der Waals surface area contributed by atoms with E-state index in [1.54, 1.807) is 0 Å². The third-order valence-corrected chi connectivity index (χ3v) is 5.39. The Balaban J connectivity index is 1.72. The lowest BCUT2D eigenvalue weighted by Crippen LogP contribution is -2.19. The first-order chi connectivity index (χ1) is 10.3. The monoisotopic (exact) mass is 292 g/mol. The molecule has 2 aromatic carbocycles. The predicted molar refractivity (Wildman–Crippen MR) is 88.6 cm³/mol. The summed E-state index contributed by atoms with van der Waals surface area (Å²) < 4.78 is 0. The van der Waals surface area contributed by atoms with Crippen LogP contribution in [0.5, 0.6) is 0 Å². The Kier molecular flexibility index (Phi) is 3.17. The Hall–Kier alpha value is -1.84. The highest BCUT2D eigenvalue weighted by Gasteiger charge is 2.28. The molecule has 1 aromatic heterocycles. The van der Waals surface area contributed by atoms with Crippen LogP contribution in [0.15, 0.2) is 65.7 Å². The number of hydrogen-bond donors (Lipinski definition) is 1. The molecule has 0 bridgehead atoms. The number of fused-ring (bicyclic) bond motifs is 2. The van der Waals surface area contributed by atoms with Gasteiger partial charge in [-0.1, -0.05) is 30.3 Å². The second-order valence-electron chi connectivity index (χ2n) is 5.44. The Morgan fingerprint density at radius 1 is 1.10 bits per heavy atom. The van der Waals surface area contributed by atoms with Crippen LogP contribution in [0.2, 0.25) is 0 Å². The minimum Gasteiger partial charge on any atom is -0.323 e. The number of nitrogens with two attached hydrogens (primary N) is 1. The van der Waals surface area contributed by atoms with E-state index in [-0.39, 0.29) is 6.04 Å². The maximum Gasteiger partial charge on any atom is 0.0702 e. The highest BCUT2D eigenvalue weighted by Crippen LogP contribution is 2.44. The molecule has 21 heavy (non-hydrogen) atoms. The smallest absolute Gasteiger partial charge is 0.0702 e. The average molecular weight is 292 g/mol. The topological polar surface area (TPSA) is 38.9 Å². The zero-order chi connectivity index (χ0) is 14.2. The molecular formula is C18H16N2S. The molecule has 3 aromatic rings. The van der Waals surface area contributed by atoms with E-state index in [0.717, 1.165) is 16.7 Å². The first kappa shape index (κ1) is 12.9. The van der Waals surface area contributed by atoms with Gasteiger partial charge < -0.3 is 5.73 Å². The van der Waals surface area contributed by atoms with Gasteiger partial charge >= 0.3 is 0 Å². The van der Waals surface area contributed by atoms with Crippen LogP contribution in [0.1, 0.15) is 23.1 Å². The molecule has 2 heterocycles. The molecule has 0 saturated carbocycles. The van der Waals surface area contributed by atoms with Gasteiger partial charge in [0, 0.05) is 34.2 Å². The molecular weight excluding hydrogens is 276 g/mol. The zero-order valence-electron chi connectivity index (χ0n) is 11.6. The van der Waals surface area contributed by atoms with Gasteiger partial charge in [0.2, 0.25) is 0 Å². The largest absolute Gasteiger partial charge is 0.323 e. The number of rotatable bonds is 2. The van der Waals surface area contributed by atoms with Crippen molar-refractivity contribution in [1.29, 1.82) is 0 Å². The Labute approximate surface area is 128 Å². The van der Waals surface area contributed by atoms with E-state index < -0.39 is 0 Å². The molecule has 2 unspecified atom stereocenters. The number of hydrogen-bond acceptors (Lipinski definition) is 3. The summed E-state index contributed by atoms with van der Waals surface area (Å²) in [6.07, 6.45) is 1.83. The number of pyridine rings is 1. The van der Waals surface area contributed by atoms with E-state index in [4.69, 9.17) is 5.73 Å². The summed E-state index contributed by atoms with van der Waals surface area (Å²) in [7, 11) is 0. The quantitative estimate of drug-likeness (QED) is 0.772. The first-order valence-corrected chi connectivity index (χ1v) is 8.13. The molecule has 2 N–H and O–H groups in total. The Bertz CT molecular complexity index is 800. The summed E-state index contributed by atoms with van der Waals surface area (Å²) >= 11 is 1.91. The van der Waals surface area contributed by atoms with Crippen LogP contribution in [0, 0.1) is 0 Å². The summed E-state index contributed by atoms with van der Waals surface area (Å²) in [6, 6.07) is 19.1. The van der Waals surface area contributed by atoms with Crippen LogP contribution in [-0.4, -0.2) is 10.7 Å². The lowest BCUT2D eigenvalue weighted by Gasteiger charge is -2.20. The molecule has 2 nitrogen and oxygen atoms in total. The molecule has 1 aliphatic rings. The van der Waals surface area contributed by atoms with Crippen molar-refractivity contribution in [3.63, 3.8) is 0 Å². The van der Waals surface area contributed by atoms with Crippen LogP contribution in [0.25, 0.3) is 10.9 Å². The van der Waals surface area contributed by atoms with Gasteiger partial charge in [0.15, 0.2) is 0 Å². The normalized spacial score (nSPS) is 18.6. The van der Waals surface area contributed by atoms with Crippen molar-refractivity contribution in [2.45, 2.75) is 16.9 Å². The van der Waals surface area contributed by atoms with Crippen LogP contribution in [0.3, 0.4) is 0 Å². The average Bonchev–Trinajstić information content (AvgIpc) is 2.98. The number of aromatic nitrogens is 1. The van der Waals surface area contributed by atoms with Crippen molar-refractivity contribution in [2.24, 2.45) is 5.73 Å². The van der Waals surface area contributed by atoms with Gasteiger partial charge in [-0.2, -0.15) is 0 Å². The van der Waals surface area contributed by atoms with Crippen molar-refractivity contribution in [2.75, 3.05) is 5.75 Å². The highest BCUT2D eigenvalue weighted by atomic mass is 32.2. The third-order valence-electron chi connectivity index (χ3n) is 4.18. The van der Waals surface area contributed by atoms with E-state index in [1.807, 2.05) is 24.0 Å². The van der Waals surface area contributed by atoms with E-state index in [0.29, 0.717) is 5.92 Å². The van der Waals surface area contributed by atoms with Crippen molar-refractivity contribution in [3.8, 4) is 0 Å². The summed E-state index contributed by atoms with van der Waals surface area (Å²) in [5, 5.41) is 1.16. The standard InChI is InChI=1S/C18H16N2S/c19-18(15-11-21-17-6-2-1-5-14(15)17)13-7-8-16-12(10-13)4-3-9-20-16/h1-10,15,18H,11,19H2. The molecule has 0 amide bonds. The molecule has 2 atom stereocenters. The SMILES string of the molecule is NC(c1ccc2ncccc2c1)C1CSc2ccccc21. The lowest BCUT2D eigenvalue weighted by atomic mass is 9.89. The first-order valence-electron chi connectivity index (χ1n) is 7.15. The molecule has 0 saturated heterocycles. The maximum atomic E-state index is 6.57. The van der Waals surface area contributed by atoms with Crippen molar-refractivity contribution in [1.82, 2.24) is 4.98 Å². The van der Waals surface area contributed by atoms with Crippen LogP contribution in [-0.2, 0) is 0 Å². The van der Waals surface area contributed by atoms with Crippen LogP contribution >= 0.6 is 11.8 Å². The predicted octanol–water partition coefficient (Wildman–Crippen LogP) is 4.12. The zero-order valence-corrected chi connectivity index (χ0v) is 12.4. The number of thioether (sulfide) groups is 1. The van der Waals surface area contributed by atoms with Crippen LogP contribution in [0.4, 0.5) is 0 Å². The van der Waals surface area contributed by atoms with Crippen LogP contribution < -0.4 is 5.73 Å². The molecule has 0 fully saturated rings. The second-order valence-corrected chi connectivity index (χ2v) is 6.50. The minimum atomic E-state index is 0.0331. The van der Waals surface area contributed by atoms with Gasteiger partial charge in [-0.3, -0.25) is 4.98 Å². The van der Waals surface area contributed by atoms with Crippen molar-refractivity contribution >= 4 is 22.7 Å². The number of nitrogens with zero attached hydrogens (tertiary/aromatic N) is 1. The van der Waals surface area contributed by atoms with E-state index in [1.165, 1.54) is 16.0 Å². The summed E-state index contributed by atoms with van der Waals surface area (Å²) in [6.45, 7) is 0. The maximum absolute atomic E-state index is 6.57. The molecule has 1 aliphatic heterocycles. The fourth-order valence-corrected chi connectivity index (χ4v) is 4.33. The summed E-state index contributed by atoms with van der Waals surface area (Å²) in [5.41, 5.74) is 10.2. The molecule has 0 radical (unpaired) electrons. The van der Waals surface area contributed by atoms with E-state index in [9.17, 15) is 0 Å². The third kappa shape index (κ3) is 2.23. The molecule has 104 valence electrons. The fourth-order valence-electron chi connectivity index (χ4n) is 3.02. The Morgan fingerprint density at radius 3 is 2.95 bits per heavy atom. The molecule has 3 heteroatoms. The summed E-state index contributed by atoms with van der Waals surface area (Å²) in [5.74, 6) is 1.45. The lowest BCUT2D eigenvalue weighted by molar-refractivity contribution is 0.608. The summed E-state index contributed by atoms with van der Waals surface area (Å²) in [4.78, 5) is 5.75. The van der Waals surface area contributed by atoms with Gasteiger partial charge in [-0.25, -0.2) is 0 Å². The van der Waals surface area contributed by atoms with Crippen molar-refractivity contribution < 1.29 is 0 Å². The van der Waals surface area contributed by atoms with Gasteiger partial charge in [0.25, 0.3) is 0 Å². The van der Waals surface area contributed by atoms with E-state index in [2.05, 4.69) is 53.5 Å². The Morgan fingerprint density at radius 2 is 2.00 bits per heavy atom. The van der Waals surface area contributed by atoms with E-state index >= 15 is 0 Å². The minimum absolute atomic E-state index is 0.0331.